The fourth-order valence-corrected chi connectivity index (χ4v) is 2.17. The van der Waals surface area contributed by atoms with Crippen molar-refractivity contribution in [2.45, 2.75) is 6.54 Å². The summed E-state index contributed by atoms with van der Waals surface area (Å²) in [6.45, 7) is 1.58. The largest absolute Gasteiger partial charge is 0.486 e. The average molecular weight is 299 g/mol. The molecule has 0 saturated carbocycles. The Morgan fingerprint density at radius 1 is 1.18 bits per heavy atom. The van der Waals surface area contributed by atoms with E-state index in [0.29, 0.717) is 36.9 Å². The summed E-state index contributed by atoms with van der Waals surface area (Å²) in [7, 11) is 1.74. The van der Waals surface area contributed by atoms with E-state index < -0.39 is 0 Å². The van der Waals surface area contributed by atoms with Crippen LogP contribution in [0.4, 0.5) is 10.5 Å². The molecule has 0 radical (unpaired) electrons. The zero-order valence-electron chi connectivity index (χ0n) is 12.3. The first-order chi connectivity index (χ1) is 10.7. The predicted octanol–water partition coefficient (Wildman–Crippen LogP) is 2.52. The average Bonchev–Trinajstić information content (AvgIpc) is 2.55. The second kappa shape index (κ2) is 6.34. The number of hydrogen-bond donors (Lipinski definition) is 1. The summed E-state index contributed by atoms with van der Waals surface area (Å²) in [5, 5.41) is 2.85. The summed E-state index contributed by atoms with van der Waals surface area (Å²) in [6, 6.07) is 8.95. The summed E-state index contributed by atoms with van der Waals surface area (Å²) in [4.78, 5) is 17.8. The molecule has 0 atom stereocenters. The zero-order valence-corrected chi connectivity index (χ0v) is 12.3. The van der Waals surface area contributed by atoms with Gasteiger partial charge in [-0.05, 0) is 29.8 Å². The van der Waals surface area contributed by atoms with Crippen molar-refractivity contribution >= 4 is 11.7 Å². The summed E-state index contributed by atoms with van der Waals surface area (Å²) in [5.74, 6) is 1.36. The van der Waals surface area contributed by atoms with Crippen molar-refractivity contribution in [2.75, 3.05) is 25.6 Å². The molecule has 1 aliphatic rings. The standard InChI is InChI=1S/C16H17N3O3/c1-19(11-12-4-6-17-7-5-12)16(20)18-13-2-3-14-15(10-13)22-9-8-21-14/h2-7,10H,8-9,11H2,1H3,(H,18,20). The van der Waals surface area contributed by atoms with Crippen molar-refractivity contribution in [1.82, 2.24) is 9.88 Å². The molecule has 0 bridgehead atoms. The zero-order chi connectivity index (χ0) is 15.4. The number of amides is 2. The van der Waals surface area contributed by atoms with Gasteiger partial charge in [-0.15, -0.1) is 0 Å². The number of pyridine rings is 1. The van der Waals surface area contributed by atoms with Gasteiger partial charge >= 0.3 is 6.03 Å². The van der Waals surface area contributed by atoms with Crippen LogP contribution < -0.4 is 14.8 Å². The van der Waals surface area contributed by atoms with Crippen LogP contribution in [0.15, 0.2) is 42.7 Å². The van der Waals surface area contributed by atoms with Gasteiger partial charge in [0.05, 0.1) is 0 Å². The van der Waals surface area contributed by atoms with E-state index >= 15 is 0 Å². The Balaban J connectivity index is 1.63. The van der Waals surface area contributed by atoms with E-state index in [0.717, 1.165) is 5.56 Å². The molecule has 0 spiro atoms. The molecule has 0 fully saturated rings. The number of rotatable bonds is 3. The molecule has 1 aromatic heterocycles. The van der Waals surface area contributed by atoms with Gasteiger partial charge in [0.1, 0.15) is 13.2 Å². The minimum atomic E-state index is -0.187. The van der Waals surface area contributed by atoms with Crippen LogP contribution in [0.5, 0.6) is 11.5 Å². The lowest BCUT2D eigenvalue weighted by molar-refractivity contribution is 0.171. The van der Waals surface area contributed by atoms with Gasteiger partial charge in [-0.3, -0.25) is 4.98 Å². The molecule has 0 aliphatic carbocycles. The molecule has 6 heteroatoms. The lowest BCUT2D eigenvalue weighted by Crippen LogP contribution is -2.30. The number of carbonyl (C=O) groups excluding carboxylic acids is 1. The molecule has 2 amide bonds. The molecular weight excluding hydrogens is 282 g/mol. The second-order valence-corrected chi connectivity index (χ2v) is 5.00. The molecule has 2 aromatic rings. The lowest BCUT2D eigenvalue weighted by atomic mass is 10.2. The van der Waals surface area contributed by atoms with Gasteiger partial charge in [0, 0.05) is 37.7 Å². The molecule has 1 N–H and O–H groups in total. The third-order valence-electron chi connectivity index (χ3n) is 3.31. The fourth-order valence-electron chi connectivity index (χ4n) is 2.17. The predicted molar refractivity (Wildman–Crippen MR) is 82.2 cm³/mol. The summed E-state index contributed by atoms with van der Waals surface area (Å²) in [5.41, 5.74) is 1.70. The quantitative estimate of drug-likeness (QED) is 0.946. The van der Waals surface area contributed by atoms with Gasteiger partial charge in [-0.1, -0.05) is 0 Å². The van der Waals surface area contributed by atoms with Crippen LogP contribution >= 0.6 is 0 Å². The van der Waals surface area contributed by atoms with Crippen LogP contribution in [-0.4, -0.2) is 36.2 Å². The Morgan fingerprint density at radius 3 is 2.68 bits per heavy atom. The normalized spacial score (nSPS) is 12.6. The molecule has 1 aromatic carbocycles. The number of anilines is 1. The summed E-state index contributed by atoms with van der Waals surface area (Å²) < 4.78 is 11.0. The molecule has 6 nitrogen and oxygen atoms in total. The van der Waals surface area contributed by atoms with E-state index in [9.17, 15) is 4.79 Å². The van der Waals surface area contributed by atoms with E-state index in [1.165, 1.54) is 0 Å². The number of benzene rings is 1. The van der Waals surface area contributed by atoms with Crippen molar-refractivity contribution in [3.63, 3.8) is 0 Å². The highest BCUT2D eigenvalue weighted by atomic mass is 16.6. The Kier molecular flexibility index (Phi) is 4.09. The van der Waals surface area contributed by atoms with Crippen LogP contribution in [0.1, 0.15) is 5.56 Å². The van der Waals surface area contributed by atoms with Crippen LogP contribution in [0, 0.1) is 0 Å². The van der Waals surface area contributed by atoms with Crippen molar-refractivity contribution in [1.29, 1.82) is 0 Å². The maximum absolute atomic E-state index is 12.2. The topological polar surface area (TPSA) is 63.7 Å². The highest BCUT2D eigenvalue weighted by molar-refractivity contribution is 5.89. The first-order valence-electron chi connectivity index (χ1n) is 7.03. The molecule has 1 aliphatic heterocycles. The number of aromatic nitrogens is 1. The molecule has 0 saturated heterocycles. The Morgan fingerprint density at radius 2 is 1.91 bits per heavy atom. The summed E-state index contributed by atoms with van der Waals surface area (Å²) >= 11 is 0. The number of urea groups is 1. The first-order valence-corrected chi connectivity index (χ1v) is 7.03. The molecule has 114 valence electrons. The maximum Gasteiger partial charge on any atom is 0.321 e. The Hall–Kier alpha value is -2.76. The van der Waals surface area contributed by atoms with Gasteiger partial charge in [0.15, 0.2) is 11.5 Å². The summed E-state index contributed by atoms with van der Waals surface area (Å²) in [6.07, 6.45) is 3.42. The van der Waals surface area contributed by atoms with Gasteiger partial charge < -0.3 is 19.7 Å². The first kappa shape index (κ1) is 14.2. The maximum atomic E-state index is 12.2. The lowest BCUT2D eigenvalue weighted by Gasteiger charge is -2.21. The SMILES string of the molecule is CN(Cc1ccncc1)C(=O)Nc1ccc2c(c1)OCCO2. The van der Waals surface area contributed by atoms with Crippen molar-refractivity contribution in [3.8, 4) is 11.5 Å². The minimum absolute atomic E-state index is 0.187. The van der Waals surface area contributed by atoms with Crippen LogP contribution in [0.2, 0.25) is 0 Å². The van der Waals surface area contributed by atoms with Gasteiger partial charge in [-0.25, -0.2) is 4.79 Å². The minimum Gasteiger partial charge on any atom is -0.486 e. The molecule has 2 heterocycles. The number of fused-ring (bicyclic) bond motifs is 1. The van der Waals surface area contributed by atoms with E-state index in [2.05, 4.69) is 10.3 Å². The molecule has 3 rings (SSSR count). The highest BCUT2D eigenvalue weighted by Gasteiger charge is 2.14. The second-order valence-electron chi connectivity index (χ2n) is 5.00. The van der Waals surface area contributed by atoms with E-state index in [4.69, 9.17) is 9.47 Å². The van der Waals surface area contributed by atoms with E-state index in [1.54, 1.807) is 42.5 Å². The third kappa shape index (κ3) is 3.28. The van der Waals surface area contributed by atoms with Gasteiger partial charge in [0.25, 0.3) is 0 Å². The van der Waals surface area contributed by atoms with E-state index in [-0.39, 0.29) is 6.03 Å². The van der Waals surface area contributed by atoms with Crippen LogP contribution in [0.25, 0.3) is 0 Å². The molecule has 0 unspecified atom stereocenters. The number of carbonyl (C=O) groups is 1. The molecule has 22 heavy (non-hydrogen) atoms. The molecular formula is C16H17N3O3. The Bertz CT molecular complexity index is 661. The van der Waals surface area contributed by atoms with Crippen molar-refractivity contribution in [2.24, 2.45) is 0 Å². The number of hydrogen-bond acceptors (Lipinski definition) is 4. The Labute approximate surface area is 128 Å². The smallest absolute Gasteiger partial charge is 0.321 e. The monoisotopic (exact) mass is 299 g/mol. The van der Waals surface area contributed by atoms with Gasteiger partial charge in [0.2, 0.25) is 0 Å². The van der Waals surface area contributed by atoms with E-state index in [1.807, 2.05) is 12.1 Å². The van der Waals surface area contributed by atoms with Crippen LogP contribution in [-0.2, 0) is 6.54 Å². The number of nitrogens with zero attached hydrogens (tertiary/aromatic N) is 2. The number of nitrogens with one attached hydrogen (secondary N) is 1. The highest BCUT2D eigenvalue weighted by Crippen LogP contribution is 2.32. The van der Waals surface area contributed by atoms with Crippen LogP contribution in [0.3, 0.4) is 0 Å². The third-order valence-corrected chi connectivity index (χ3v) is 3.31. The fraction of sp³-hybridized carbons (Fsp3) is 0.250. The van der Waals surface area contributed by atoms with Crippen molar-refractivity contribution in [3.05, 3.63) is 48.3 Å². The van der Waals surface area contributed by atoms with Crippen molar-refractivity contribution < 1.29 is 14.3 Å². The van der Waals surface area contributed by atoms with Gasteiger partial charge in [-0.2, -0.15) is 0 Å². The number of ether oxygens (including phenoxy) is 2.